The fourth-order valence-electron chi connectivity index (χ4n) is 1.99. The largest absolute Gasteiger partial charge is 0.383 e. The van der Waals surface area contributed by atoms with Gasteiger partial charge in [0.2, 0.25) is 5.91 Å². The monoisotopic (exact) mass is 313 g/mol. The highest BCUT2D eigenvalue weighted by Gasteiger charge is 2.11. The lowest BCUT2D eigenvalue weighted by atomic mass is 10.1. The molecule has 0 aliphatic heterocycles. The van der Waals surface area contributed by atoms with E-state index >= 15 is 0 Å². The van der Waals surface area contributed by atoms with E-state index in [9.17, 15) is 4.79 Å². The van der Waals surface area contributed by atoms with Gasteiger partial charge >= 0.3 is 0 Å². The third-order valence-corrected chi connectivity index (χ3v) is 3.25. The third kappa shape index (κ3) is 6.33. The fraction of sp³-hybridized carbons (Fsp3) is 0.533. The molecule has 0 aliphatic carbocycles. The Balaban J connectivity index is 2.73. The Morgan fingerprint density at radius 2 is 2.19 bits per heavy atom. The lowest BCUT2D eigenvalue weighted by molar-refractivity contribution is -0.119. The second kappa shape index (κ2) is 9.60. The van der Waals surface area contributed by atoms with E-state index in [-0.39, 0.29) is 5.91 Å². The lowest BCUT2D eigenvalue weighted by Crippen LogP contribution is -2.35. The Morgan fingerprint density at radius 3 is 2.86 bits per heavy atom. The molecule has 0 radical (unpaired) electrons. The molecule has 0 fully saturated rings. The minimum atomic E-state index is -0.00160. The van der Waals surface area contributed by atoms with Gasteiger partial charge in [-0.25, -0.2) is 0 Å². The average Bonchev–Trinajstić information content (AvgIpc) is 2.45. The van der Waals surface area contributed by atoms with Crippen LogP contribution in [0.4, 0.5) is 5.69 Å². The molecule has 6 heteroatoms. The molecule has 0 spiro atoms. The van der Waals surface area contributed by atoms with Gasteiger partial charge in [0.05, 0.1) is 13.2 Å². The van der Waals surface area contributed by atoms with E-state index < -0.39 is 0 Å². The maximum atomic E-state index is 11.7. The molecular weight excluding hydrogens is 290 g/mol. The van der Waals surface area contributed by atoms with Crippen LogP contribution in [0.1, 0.15) is 12.5 Å². The number of methoxy groups -OCH3 is 1. The Hall–Kier alpha value is -1.30. The van der Waals surface area contributed by atoms with Crippen molar-refractivity contribution in [1.29, 1.82) is 0 Å². The summed E-state index contributed by atoms with van der Waals surface area (Å²) in [5.41, 5.74) is 2.06. The van der Waals surface area contributed by atoms with E-state index in [2.05, 4.69) is 10.6 Å². The number of hydrogen-bond acceptors (Lipinski definition) is 4. The minimum Gasteiger partial charge on any atom is -0.383 e. The maximum absolute atomic E-state index is 11.7. The van der Waals surface area contributed by atoms with Crippen LogP contribution >= 0.6 is 11.6 Å². The van der Waals surface area contributed by atoms with Crippen molar-refractivity contribution in [2.45, 2.75) is 13.5 Å². The fourth-order valence-corrected chi connectivity index (χ4v) is 2.16. The van der Waals surface area contributed by atoms with Crippen LogP contribution in [0, 0.1) is 0 Å². The van der Waals surface area contributed by atoms with E-state index in [1.54, 1.807) is 7.11 Å². The number of halogens is 1. The minimum absolute atomic E-state index is 0.00160. The highest BCUT2D eigenvalue weighted by Crippen LogP contribution is 2.24. The number of carbonyl (C=O) groups excluding carboxylic acids is 1. The Kier molecular flexibility index (Phi) is 8.12. The SMILES string of the molecule is CCNC(=O)CN(C)c1cc(Cl)ccc1CNCCOC. The van der Waals surface area contributed by atoms with Crippen LogP contribution in [-0.2, 0) is 16.1 Å². The number of nitrogens with one attached hydrogen (secondary N) is 2. The molecule has 1 amide bonds. The molecule has 0 aromatic heterocycles. The first kappa shape index (κ1) is 17.8. The second-order valence-corrected chi connectivity index (χ2v) is 5.19. The van der Waals surface area contributed by atoms with E-state index in [4.69, 9.17) is 16.3 Å². The first-order valence-corrected chi connectivity index (χ1v) is 7.42. The molecule has 1 rings (SSSR count). The van der Waals surface area contributed by atoms with Crippen LogP contribution in [-0.4, -0.2) is 46.3 Å². The van der Waals surface area contributed by atoms with Crippen molar-refractivity contribution in [2.24, 2.45) is 0 Å². The van der Waals surface area contributed by atoms with Crippen molar-refractivity contribution in [3.05, 3.63) is 28.8 Å². The van der Waals surface area contributed by atoms with Gasteiger partial charge in [0.1, 0.15) is 0 Å². The molecule has 0 bridgehead atoms. The molecule has 5 nitrogen and oxygen atoms in total. The summed E-state index contributed by atoms with van der Waals surface area (Å²) in [6.07, 6.45) is 0. The van der Waals surface area contributed by atoms with Crippen LogP contribution in [0.15, 0.2) is 18.2 Å². The van der Waals surface area contributed by atoms with Crippen LogP contribution < -0.4 is 15.5 Å². The summed E-state index contributed by atoms with van der Waals surface area (Å²) >= 11 is 6.07. The molecule has 0 aliphatic rings. The Morgan fingerprint density at radius 1 is 1.43 bits per heavy atom. The number of hydrogen-bond donors (Lipinski definition) is 2. The van der Waals surface area contributed by atoms with Crippen molar-refractivity contribution >= 4 is 23.2 Å². The number of nitrogens with zero attached hydrogens (tertiary/aromatic N) is 1. The molecule has 0 unspecified atom stereocenters. The summed E-state index contributed by atoms with van der Waals surface area (Å²) < 4.78 is 5.01. The van der Waals surface area contributed by atoms with E-state index in [1.807, 2.05) is 37.1 Å². The Labute approximate surface area is 131 Å². The molecule has 0 heterocycles. The predicted molar refractivity (Wildman–Crippen MR) is 87.0 cm³/mol. The maximum Gasteiger partial charge on any atom is 0.239 e. The van der Waals surface area contributed by atoms with Crippen LogP contribution in [0.3, 0.4) is 0 Å². The third-order valence-electron chi connectivity index (χ3n) is 3.01. The molecule has 1 aromatic carbocycles. The molecule has 0 saturated heterocycles. The number of ether oxygens (including phenoxy) is 1. The average molecular weight is 314 g/mol. The van der Waals surface area contributed by atoms with Gasteiger partial charge in [0.15, 0.2) is 0 Å². The van der Waals surface area contributed by atoms with Gasteiger partial charge in [-0.1, -0.05) is 17.7 Å². The first-order valence-electron chi connectivity index (χ1n) is 7.04. The molecule has 1 aromatic rings. The van der Waals surface area contributed by atoms with Gasteiger partial charge in [-0.05, 0) is 24.6 Å². The molecule has 118 valence electrons. The zero-order chi connectivity index (χ0) is 15.7. The normalized spacial score (nSPS) is 10.5. The number of anilines is 1. The number of likely N-dealkylation sites (N-methyl/N-ethyl adjacent to an activating group) is 2. The smallest absolute Gasteiger partial charge is 0.239 e. The van der Waals surface area contributed by atoms with Crippen molar-refractivity contribution in [3.8, 4) is 0 Å². The second-order valence-electron chi connectivity index (χ2n) is 4.75. The topological polar surface area (TPSA) is 53.6 Å². The van der Waals surface area contributed by atoms with E-state index in [0.29, 0.717) is 31.3 Å². The molecule has 0 saturated carbocycles. The molecule has 21 heavy (non-hydrogen) atoms. The summed E-state index contributed by atoms with van der Waals surface area (Å²) in [6.45, 7) is 4.99. The summed E-state index contributed by atoms with van der Waals surface area (Å²) in [5, 5.41) is 6.76. The zero-order valence-corrected chi connectivity index (χ0v) is 13.7. The lowest BCUT2D eigenvalue weighted by Gasteiger charge is -2.22. The number of benzene rings is 1. The van der Waals surface area contributed by atoms with Crippen molar-refractivity contribution in [3.63, 3.8) is 0 Å². The highest BCUT2D eigenvalue weighted by molar-refractivity contribution is 6.30. The van der Waals surface area contributed by atoms with Crippen LogP contribution in [0.5, 0.6) is 0 Å². The van der Waals surface area contributed by atoms with E-state index in [0.717, 1.165) is 17.8 Å². The van der Waals surface area contributed by atoms with Crippen molar-refractivity contribution in [2.75, 3.05) is 45.3 Å². The molecule has 2 N–H and O–H groups in total. The number of carbonyl (C=O) groups is 1. The summed E-state index contributed by atoms with van der Waals surface area (Å²) in [5.74, 6) is -0.00160. The van der Waals surface area contributed by atoms with Gasteiger partial charge in [0, 0.05) is 44.5 Å². The van der Waals surface area contributed by atoms with Crippen LogP contribution in [0.25, 0.3) is 0 Å². The van der Waals surface area contributed by atoms with Crippen LogP contribution in [0.2, 0.25) is 5.02 Å². The zero-order valence-electron chi connectivity index (χ0n) is 12.9. The standard InChI is InChI=1S/C15H24ClN3O2/c1-4-18-15(20)11-19(2)14-9-13(16)6-5-12(14)10-17-7-8-21-3/h5-6,9,17H,4,7-8,10-11H2,1-3H3,(H,18,20). The van der Waals surface area contributed by atoms with Crippen molar-refractivity contribution < 1.29 is 9.53 Å². The van der Waals surface area contributed by atoms with Gasteiger partial charge < -0.3 is 20.3 Å². The van der Waals surface area contributed by atoms with E-state index in [1.165, 1.54) is 0 Å². The van der Waals surface area contributed by atoms with Gasteiger partial charge in [-0.3, -0.25) is 4.79 Å². The first-order chi connectivity index (χ1) is 10.1. The quantitative estimate of drug-likeness (QED) is 0.681. The molecule has 0 atom stereocenters. The summed E-state index contributed by atoms with van der Waals surface area (Å²) in [7, 11) is 3.56. The number of amides is 1. The van der Waals surface area contributed by atoms with Gasteiger partial charge in [-0.15, -0.1) is 0 Å². The summed E-state index contributed by atoms with van der Waals surface area (Å²) in [6, 6.07) is 5.72. The van der Waals surface area contributed by atoms with Crippen molar-refractivity contribution in [1.82, 2.24) is 10.6 Å². The Bertz CT molecular complexity index is 455. The van der Waals surface area contributed by atoms with Gasteiger partial charge in [0.25, 0.3) is 0 Å². The highest BCUT2D eigenvalue weighted by atomic mass is 35.5. The number of rotatable bonds is 9. The van der Waals surface area contributed by atoms with Gasteiger partial charge in [-0.2, -0.15) is 0 Å². The summed E-state index contributed by atoms with van der Waals surface area (Å²) in [4.78, 5) is 13.6. The predicted octanol–water partition coefficient (Wildman–Crippen LogP) is 1.65. The molecular formula is C15H24ClN3O2.